The molecule has 0 saturated heterocycles. The molecule has 7 rings (SSSR count). The lowest BCUT2D eigenvalue weighted by Gasteiger charge is -2.10. The van der Waals surface area contributed by atoms with Crippen LogP contribution in [0.2, 0.25) is 0 Å². The second kappa shape index (κ2) is 11.3. The van der Waals surface area contributed by atoms with Gasteiger partial charge in [0.25, 0.3) is 0 Å². The monoisotopic (exact) mass is 593 g/mol. The standard InChI is InChI=1S/C38H35N5O2/c1-5-29-21(3)33-17-27-13-15-31(40-27)37(23-7-9-24(10-8-23)38(44)45)32-16-14-28(41-32)18-34-22(4)30(6-2)36(43-34)20-26-12-11-25(39-26)19-35(29)42-33/h7-17,19-20,34,40-41H,5-6,18H2,1-4H3,(H,44,45)/b26-20-,27-17?,35-19-,37-31-. The quantitative estimate of drug-likeness (QED) is 0.338. The van der Waals surface area contributed by atoms with Gasteiger partial charge in [0.05, 0.1) is 40.1 Å². The van der Waals surface area contributed by atoms with E-state index in [4.69, 9.17) is 15.0 Å². The van der Waals surface area contributed by atoms with Crippen molar-refractivity contribution in [1.82, 2.24) is 9.97 Å². The molecule has 10 bridgehead atoms. The molecule has 7 heteroatoms. The molecule has 1 atom stereocenters. The Bertz CT molecular complexity index is 2140. The molecule has 3 N–H and O–H groups in total. The largest absolute Gasteiger partial charge is 0.478 e. The smallest absolute Gasteiger partial charge is 0.335 e. The molecule has 45 heavy (non-hydrogen) atoms. The molecule has 0 spiro atoms. The van der Waals surface area contributed by atoms with E-state index >= 15 is 0 Å². The van der Waals surface area contributed by atoms with Gasteiger partial charge in [-0.3, -0.25) is 4.99 Å². The van der Waals surface area contributed by atoms with Crippen molar-refractivity contribution >= 4 is 34.8 Å². The van der Waals surface area contributed by atoms with Gasteiger partial charge in [0.2, 0.25) is 0 Å². The molecule has 0 amide bonds. The number of carboxylic acids is 1. The Labute approximate surface area is 262 Å². The molecule has 2 aromatic heterocycles. The van der Waals surface area contributed by atoms with Crippen molar-refractivity contribution < 1.29 is 9.90 Å². The van der Waals surface area contributed by atoms with Crippen LogP contribution in [-0.4, -0.2) is 44.2 Å². The van der Waals surface area contributed by atoms with Gasteiger partial charge in [-0.1, -0.05) is 26.0 Å². The minimum atomic E-state index is -0.944. The Morgan fingerprint density at radius 1 is 0.867 bits per heavy atom. The zero-order valence-corrected chi connectivity index (χ0v) is 25.9. The maximum Gasteiger partial charge on any atom is 0.335 e. The first-order valence-corrected chi connectivity index (χ1v) is 15.5. The summed E-state index contributed by atoms with van der Waals surface area (Å²) < 4.78 is 0. The first kappa shape index (κ1) is 28.5. The highest BCUT2D eigenvalue weighted by atomic mass is 16.4. The fourth-order valence-corrected chi connectivity index (χ4v) is 6.64. The fraction of sp³-hybridized carbons (Fsp3) is 0.211. The summed E-state index contributed by atoms with van der Waals surface area (Å²) >= 11 is 0. The SMILES string of the molecule is CCC1=C(C)C2Cc3ccc([nH]3)/C(c3ccc(C(=O)O)cc3)=c3/ccc([nH]3)=CC3=N/C(=C\C4=NC(=C\C1=N2)/C=C4)C(CC)=C3C. The number of carboxylic acid groups (broad SMARTS) is 1. The van der Waals surface area contributed by atoms with Crippen LogP contribution in [0, 0.1) is 0 Å². The molecular formula is C38H35N5O2. The van der Waals surface area contributed by atoms with E-state index in [0.717, 1.165) is 86.6 Å². The molecule has 3 aromatic rings. The highest BCUT2D eigenvalue weighted by Crippen LogP contribution is 2.31. The number of hydrogen-bond donors (Lipinski definition) is 3. The van der Waals surface area contributed by atoms with Crippen LogP contribution in [-0.2, 0) is 6.42 Å². The van der Waals surface area contributed by atoms with Gasteiger partial charge in [-0.25, -0.2) is 14.8 Å². The number of benzene rings is 1. The number of allylic oxidation sites excluding steroid dienone is 7. The second-order valence-corrected chi connectivity index (χ2v) is 11.8. The number of nitrogens with one attached hydrogen (secondary N) is 2. The number of hydrogen-bond acceptors (Lipinski definition) is 4. The molecule has 0 aliphatic carbocycles. The van der Waals surface area contributed by atoms with Crippen LogP contribution in [0.4, 0.5) is 0 Å². The van der Waals surface area contributed by atoms with Crippen LogP contribution in [0.5, 0.6) is 0 Å². The Kier molecular flexibility index (Phi) is 7.16. The number of aromatic carboxylic acids is 1. The topological polar surface area (TPSA) is 106 Å². The average molecular weight is 594 g/mol. The van der Waals surface area contributed by atoms with Gasteiger partial charge in [-0.2, -0.15) is 0 Å². The number of fused-ring (bicyclic) bond motifs is 7. The summed E-state index contributed by atoms with van der Waals surface area (Å²) in [7, 11) is 0. The summed E-state index contributed by atoms with van der Waals surface area (Å²) in [6.45, 7) is 8.66. The van der Waals surface area contributed by atoms with E-state index in [9.17, 15) is 9.90 Å². The zero-order chi connectivity index (χ0) is 31.2. The van der Waals surface area contributed by atoms with Crippen LogP contribution >= 0.6 is 0 Å². The van der Waals surface area contributed by atoms with Gasteiger partial charge in [0.15, 0.2) is 0 Å². The third-order valence-electron chi connectivity index (χ3n) is 9.05. The van der Waals surface area contributed by atoms with Crippen molar-refractivity contribution in [2.45, 2.75) is 53.0 Å². The van der Waals surface area contributed by atoms with Gasteiger partial charge in [-0.15, -0.1) is 0 Å². The van der Waals surface area contributed by atoms with Gasteiger partial charge < -0.3 is 15.1 Å². The third-order valence-corrected chi connectivity index (χ3v) is 9.05. The first-order valence-electron chi connectivity index (χ1n) is 15.5. The van der Waals surface area contributed by atoms with E-state index in [1.807, 2.05) is 12.1 Å². The van der Waals surface area contributed by atoms with Crippen molar-refractivity contribution in [2.24, 2.45) is 15.0 Å². The van der Waals surface area contributed by atoms with Crippen molar-refractivity contribution in [1.29, 1.82) is 0 Å². The van der Waals surface area contributed by atoms with E-state index < -0.39 is 5.97 Å². The Hall–Kier alpha value is -5.30. The van der Waals surface area contributed by atoms with E-state index in [-0.39, 0.29) is 11.6 Å². The van der Waals surface area contributed by atoms with Gasteiger partial charge in [-0.05, 0) is 121 Å². The number of carbonyl (C=O) groups is 1. The first-order chi connectivity index (χ1) is 21.8. The van der Waals surface area contributed by atoms with Crippen LogP contribution in [0.1, 0.15) is 67.8 Å². The Morgan fingerprint density at radius 3 is 2.42 bits per heavy atom. The van der Waals surface area contributed by atoms with Crippen LogP contribution < -0.4 is 10.7 Å². The zero-order valence-electron chi connectivity index (χ0n) is 25.9. The van der Waals surface area contributed by atoms with Crippen LogP contribution in [0.3, 0.4) is 0 Å². The van der Waals surface area contributed by atoms with Crippen molar-refractivity contribution in [2.75, 3.05) is 0 Å². The lowest BCUT2D eigenvalue weighted by molar-refractivity contribution is 0.0697. The number of aromatic nitrogens is 2. The van der Waals surface area contributed by atoms with E-state index in [2.05, 4.69) is 92.3 Å². The van der Waals surface area contributed by atoms with Crippen molar-refractivity contribution in [3.05, 3.63) is 140 Å². The Balaban J connectivity index is 1.44. The molecule has 0 saturated carbocycles. The predicted octanol–water partition coefficient (Wildman–Crippen LogP) is 6.13. The van der Waals surface area contributed by atoms with Crippen LogP contribution in [0.15, 0.2) is 121 Å². The molecule has 0 fully saturated rings. The molecule has 4 aliphatic rings. The van der Waals surface area contributed by atoms with E-state index in [0.29, 0.717) is 0 Å². The van der Waals surface area contributed by atoms with Crippen LogP contribution in [0.25, 0.3) is 11.6 Å². The van der Waals surface area contributed by atoms with Gasteiger partial charge in [0, 0.05) is 34.1 Å². The average Bonchev–Trinajstić information content (AvgIpc) is 3.86. The second-order valence-electron chi connectivity index (χ2n) is 11.8. The fourth-order valence-electron chi connectivity index (χ4n) is 6.64. The summed E-state index contributed by atoms with van der Waals surface area (Å²) in [5, 5.41) is 11.4. The molecular weight excluding hydrogens is 558 g/mol. The minimum absolute atomic E-state index is 0.0382. The predicted molar refractivity (Wildman–Crippen MR) is 181 cm³/mol. The highest BCUT2D eigenvalue weighted by molar-refractivity contribution is 6.23. The summed E-state index contributed by atoms with van der Waals surface area (Å²) in [6, 6.07) is 15.4. The minimum Gasteiger partial charge on any atom is -0.478 e. The maximum atomic E-state index is 11.6. The van der Waals surface area contributed by atoms with Gasteiger partial charge in [0.1, 0.15) is 0 Å². The van der Waals surface area contributed by atoms with Gasteiger partial charge >= 0.3 is 5.97 Å². The molecule has 0 radical (unpaired) electrons. The normalized spacial score (nSPS) is 22.8. The summed E-state index contributed by atoms with van der Waals surface area (Å²) in [5.74, 6) is -0.944. The molecule has 1 unspecified atom stereocenters. The lowest BCUT2D eigenvalue weighted by atomic mass is 9.98. The summed E-state index contributed by atoms with van der Waals surface area (Å²) in [5.41, 5.74) is 13.8. The lowest BCUT2D eigenvalue weighted by Crippen LogP contribution is -2.16. The van der Waals surface area contributed by atoms with E-state index in [1.54, 1.807) is 12.1 Å². The highest BCUT2D eigenvalue weighted by Gasteiger charge is 2.25. The van der Waals surface area contributed by atoms with Crippen molar-refractivity contribution in [3.8, 4) is 0 Å². The number of H-pyrrole nitrogens is 2. The molecule has 1 aromatic carbocycles. The number of rotatable bonds is 4. The Morgan fingerprint density at radius 2 is 1.67 bits per heavy atom. The number of nitrogens with zero attached hydrogens (tertiary/aromatic N) is 3. The maximum absolute atomic E-state index is 11.6. The third kappa shape index (κ3) is 5.24. The molecule has 224 valence electrons. The number of aromatic amines is 2. The molecule has 6 heterocycles. The van der Waals surface area contributed by atoms with E-state index in [1.165, 1.54) is 16.7 Å². The summed E-state index contributed by atoms with van der Waals surface area (Å²) in [6.07, 6.45) is 12.9. The molecule has 7 nitrogen and oxygen atoms in total. The summed E-state index contributed by atoms with van der Waals surface area (Å²) in [4.78, 5) is 34.0. The number of aliphatic imine (C=N–C) groups is 3. The molecule has 4 aliphatic heterocycles. The van der Waals surface area contributed by atoms with Crippen molar-refractivity contribution in [3.63, 3.8) is 0 Å².